The van der Waals surface area contributed by atoms with Gasteiger partial charge in [-0.25, -0.2) is 0 Å². The van der Waals surface area contributed by atoms with Crippen LogP contribution in [0.3, 0.4) is 0 Å². The third kappa shape index (κ3) is 3.10. The van der Waals surface area contributed by atoms with E-state index >= 15 is 0 Å². The Hall–Kier alpha value is -0.970. The summed E-state index contributed by atoms with van der Waals surface area (Å²) in [6.07, 6.45) is 8.59. The van der Waals surface area contributed by atoms with Crippen molar-refractivity contribution in [3.05, 3.63) is 0 Å². The molecule has 13 heavy (non-hydrogen) atoms. The van der Waals surface area contributed by atoms with Gasteiger partial charge in [0.2, 0.25) is 5.91 Å². The smallest absolute Gasteiger partial charge is 0.223 e. The van der Waals surface area contributed by atoms with E-state index in [0.717, 1.165) is 19.5 Å². The van der Waals surface area contributed by atoms with E-state index in [1.165, 1.54) is 6.42 Å². The Morgan fingerprint density at radius 1 is 1.69 bits per heavy atom. The predicted molar refractivity (Wildman–Crippen MR) is 53.0 cm³/mol. The van der Waals surface area contributed by atoms with Crippen molar-refractivity contribution in [3.63, 3.8) is 0 Å². The van der Waals surface area contributed by atoms with Gasteiger partial charge in [-0.3, -0.25) is 4.79 Å². The monoisotopic (exact) mass is 179 g/mol. The number of piperidine rings is 1. The number of carbonyl (C=O) groups is 1. The minimum Gasteiger partial charge on any atom is -0.342 e. The molecule has 2 heteroatoms. The summed E-state index contributed by atoms with van der Waals surface area (Å²) in [5.41, 5.74) is 0. The van der Waals surface area contributed by atoms with E-state index in [1.54, 1.807) is 0 Å². The molecule has 1 atom stereocenters. The van der Waals surface area contributed by atoms with Gasteiger partial charge in [0.15, 0.2) is 0 Å². The lowest BCUT2D eigenvalue weighted by atomic mass is 10.00. The first-order chi connectivity index (χ1) is 6.24. The van der Waals surface area contributed by atoms with Gasteiger partial charge < -0.3 is 4.90 Å². The fourth-order valence-corrected chi connectivity index (χ4v) is 1.75. The van der Waals surface area contributed by atoms with Crippen molar-refractivity contribution >= 4 is 5.91 Å². The summed E-state index contributed by atoms with van der Waals surface area (Å²) in [5, 5.41) is 0. The lowest BCUT2D eigenvalue weighted by Gasteiger charge is -2.30. The Kier molecular flexibility index (Phi) is 3.82. The van der Waals surface area contributed by atoms with Gasteiger partial charge >= 0.3 is 0 Å². The number of amides is 1. The van der Waals surface area contributed by atoms with Crippen molar-refractivity contribution < 1.29 is 4.79 Å². The lowest BCUT2D eigenvalue weighted by Crippen LogP contribution is -2.38. The first-order valence-corrected chi connectivity index (χ1v) is 4.95. The van der Waals surface area contributed by atoms with Crippen molar-refractivity contribution in [2.75, 3.05) is 13.1 Å². The maximum atomic E-state index is 11.5. The molecule has 1 saturated heterocycles. The average molecular weight is 179 g/mol. The maximum Gasteiger partial charge on any atom is 0.223 e. The number of rotatable bonds is 2. The van der Waals surface area contributed by atoms with Gasteiger partial charge in [0, 0.05) is 25.9 Å². The summed E-state index contributed by atoms with van der Waals surface area (Å²) < 4.78 is 0. The van der Waals surface area contributed by atoms with E-state index in [2.05, 4.69) is 12.8 Å². The molecule has 1 amide bonds. The fraction of sp³-hybridized carbons (Fsp3) is 0.727. The molecule has 1 fully saturated rings. The van der Waals surface area contributed by atoms with Crippen molar-refractivity contribution in [2.45, 2.75) is 32.6 Å². The number of carbonyl (C=O) groups excluding carboxylic acids is 1. The molecule has 1 rings (SSSR count). The van der Waals surface area contributed by atoms with Gasteiger partial charge in [0.05, 0.1) is 0 Å². The summed E-state index contributed by atoms with van der Waals surface area (Å²) in [6, 6.07) is 0. The summed E-state index contributed by atoms with van der Waals surface area (Å²) in [4.78, 5) is 13.5. The van der Waals surface area contributed by atoms with Crippen LogP contribution in [0.1, 0.15) is 32.6 Å². The van der Waals surface area contributed by atoms with Crippen molar-refractivity contribution in [3.8, 4) is 12.3 Å². The average Bonchev–Trinajstić information content (AvgIpc) is 2.14. The summed E-state index contributed by atoms with van der Waals surface area (Å²) in [5.74, 6) is 3.38. The first kappa shape index (κ1) is 10.1. The topological polar surface area (TPSA) is 20.3 Å². The zero-order valence-electron chi connectivity index (χ0n) is 8.25. The molecular weight excluding hydrogens is 162 g/mol. The van der Waals surface area contributed by atoms with Crippen LogP contribution in [0.5, 0.6) is 0 Å². The molecule has 1 heterocycles. The molecule has 0 aromatic carbocycles. The van der Waals surface area contributed by atoms with Crippen LogP contribution in [0, 0.1) is 18.3 Å². The largest absolute Gasteiger partial charge is 0.342 e. The number of likely N-dealkylation sites (tertiary alicyclic amines) is 1. The molecule has 1 aliphatic heterocycles. The van der Waals surface area contributed by atoms with Crippen molar-refractivity contribution in [1.82, 2.24) is 4.90 Å². The molecule has 0 aliphatic carbocycles. The van der Waals surface area contributed by atoms with Crippen molar-refractivity contribution in [2.24, 2.45) is 5.92 Å². The SMILES string of the molecule is C#CCCC(=O)N1CCC[C@H](C)C1. The van der Waals surface area contributed by atoms with E-state index in [-0.39, 0.29) is 5.91 Å². The van der Waals surface area contributed by atoms with E-state index < -0.39 is 0 Å². The quantitative estimate of drug-likeness (QED) is 0.590. The van der Waals surface area contributed by atoms with Crippen LogP contribution in [0.2, 0.25) is 0 Å². The third-order valence-corrected chi connectivity index (χ3v) is 2.49. The third-order valence-electron chi connectivity index (χ3n) is 2.49. The molecule has 72 valence electrons. The van der Waals surface area contributed by atoms with Gasteiger partial charge in [0.25, 0.3) is 0 Å². The van der Waals surface area contributed by atoms with Crippen molar-refractivity contribution in [1.29, 1.82) is 0 Å². The maximum absolute atomic E-state index is 11.5. The van der Waals surface area contributed by atoms with E-state index in [9.17, 15) is 4.79 Å². The minimum absolute atomic E-state index is 0.226. The fourth-order valence-electron chi connectivity index (χ4n) is 1.75. The van der Waals surface area contributed by atoms with Gasteiger partial charge in [0.1, 0.15) is 0 Å². The molecular formula is C11H17NO. The highest BCUT2D eigenvalue weighted by Gasteiger charge is 2.19. The normalized spacial score (nSPS) is 22.5. The van der Waals surface area contributed by atoms with Gasteiger partial charge in [-0.05, 0) is 18.8 Å². The van der Waals surface area contributed by atoms with E-state index in [0.29, 0.717) is 18.8 Å². The zero-order valence-corrected chi connectivity index (χ0v) is 8.25. The number of terminal acetylenes is 1. The van der Waals surface area contributed by atoms with Crippen LogP contribution in [0.4, 0.5) is 0 Å². The first-order valence-electron chi connectivity index (χ1n) is 4.95. The Balaban J connectivity index is 2.33. The Morgan fingerprint density at radius 2 is 2.46 bits per heavy atom. The molecule has 1 aliphatic rings. The molecule has 0 unspecified atom stereocenters. The molecule has 0 bridgehead atoms. The lowest BCUT2D eigenvalue weighted by molar-refractivity contribution is -0.132. The van der Waals surface area contributed by atoms with Crippen LogP contribution >= 0.6 is 0 Å². The highest BCUT2D eigenvalue weighted by atomic mass is 16.2. The van der Waals surface area contributed by atoms with Crippen LogP contribution in [0.15, 0.2) is 0 Å². The molecule has 0 saturated carbocycles. The van der Waals surface area contributed by atoms with E-state index in [4.69, 9.17) is 6.42 Å². The molecule has 0 aromatic rings. The molecule has 0 aromatic heterocycles. The van der Waals surface area contributed by atoms with Gasteiger partial charge in [-0.1, -0.05) is 6.92 Å². The van der Waals surface area contributed by atoms with Gasteiger partial charge in [-0.2, -0.15) is 0 Å². The highest BCUT2D eigenvalue weighted by Crippen LogP contribution is 2.16. The van der Waals surface area contributed by atoms with Gasteiger partial charge in [-0.15, -0.1) is 12.3 Å². The predicted octanol–water partition coefficient (Wildman–Crippen LogP) is 1.66. The molecule has 0 radical (unpaired) electrons. The zero-order chi connectivity index (χ0) is 9.68. The second-order valence-electron chi connectivity index (χ2n) is 3.79. The highest BCUT2D eigenvalue weighted by molar-refractivity contribution is 5.76. The Labute approximate surface area is 80.3 Å². The second kappa shape index (κ2) is 4.91. The van der Waals surface area contributed by atoms with Crippen LogP contribution in [-0.4, -0.2) is 23.9 Å². The minimum atomic E-state index is 0.226. The van der Waals surface area contributed by atoms with E-state index in [1.807, 2.05) is 4.90 Å². The summed E-state index contributed by atoms with van der Waals surface area (Å²) in [6.45, 7) is 4.04. The number of hydrogen-bond acceptors (Lipinski definition) is 1. The van der Waals surface area contributed by atoms with Crippen LogP contribution in [0.25, 0.3) is 0 Å². The standard InChI is InChI=1S/C11H17NO/c1-3-4-7-11(13)12-8-5-6-10(2)9-12/h1,10H,4-9H2,2H3/t10-/m0/s1. The Bertz CT molecular complexity index is 217. The van der Waals surface area contributed by atoms with Crippen LogP contribution in [-0.2, 0) is 4.79 Å². The number of nitrogens with zero attached hydrogens (tertiary/aromatic N) is 1. The Morgan fingerprint density at radius 3 is 3.08 bits per heavy atom. The summed E-state index contributed by atoms with van der Waals surface area (Å²) >= 11 is 0. The molecule has 0 N–H and O–H groups in total. The summed E-state index contributed by atoms with van der Waals surface area (Å²) in [7, 11) is 0. The van der Waals surface area contributed by atoms with Crippen LogP contribution < -0.4 is 0 Å². The number of hydrogen-bond donors (Lipinski definition) is 0. The second-order valence-corrected chi connectivity index (χ2v) is 3.79. The molecule has 2 nitrogen and oxygen atoms in total. The molecule has 0 spiro atoms.